The number of nitrogens with zero attached hydrogens (tertiary/aromatic N) is 1. The average Bonchev–Trinajstić information content (AvgIpc) is 2.81. The molecule has 0 atom stereocenters. The molecule has 0 radical (unpaired) electrons. The lowest BCUT2D eigenvalue weighted by Gasteiger charge is -2.17. The molecule has 1 aromatic carbocycles. The molecule has 0 fully saturated rings. The van der Waals surface area contributed by atoms with Crippen molar-refractivity contribution in [3.8, 4) is 0 Å². The van der Waals surface area contributed by atoms with Crippen LogP contribution in [-0.4, -0.2) is 29.7 Å². The van der Waals surface area contributed by atoms with E-state index in [1.165, 1.54) is 11.8 Å². The molecule has 1 aromatic heterocycles. The standard InChI is InChI=1S/C15H15NO3/c1-3-8-16(11(2)17)10-13(18)15-9-12-6-4-5-7-14(12)19-15/h3-7,9H,1,8,10H2,2H3. The van der Waals surface area contributed by atoms with Crippen molar-refractivity contribution in [2.45, 2.75) is 6.92 Å². The third-order valence-electron chi connectivity index (χ3n) is 2.83. The second-order valence-electron chi connectivity index (χ2n) is 4.26. The highest BCUT2D eigenvalue weighted by atomic mass is 16.3. The van der Waals surface area contributed by atoms with E-state index in [-0.39, 0.29) is 24.0 Å². The fraction of sp³-hybridized carbons (Fsp3) is 0.200. The molecule has 0 aliphatic heterocycles. The lowest BCUT2D eigenvalue weighted by molar-refractivity contribution is -0.127. The van der Waals surface area contributed by atoms with Crippen molar-refractivity contribution in [2.75, 3.05) is 13.1 Å². The van der Waals surface area contributed by atoms with E-state index in [2.05, 4.69) is 6.58 Å². The third-order valence-corrected chi connectivity index (χ3v) is 2.83. The summed E-state index contributed by atoms with van der Waals surface area (Å²) >= 11 is 0. The zero-order valence-electron chi connectivity index (χ0n) is 10.8. The van der Waals surface area contributed by atoms with Crippen LogP contribution in [0.2, 0.25) is 0 Å². The molecule has 1 amide bonds. The Kier molecular flexibility index (Phi) is 3.80. The molecule has 0 aliphatic carbocycles. The van der Waals surface area contributed by atoms with Gasteiger partial charge in [0.05, 0.1) is 6.54 Å². The first-order valence-corrected chi connectivity index (χ1v) is 6.00. The van der Waals surface area contributed by atoms with Crippen LogP contribution in [0.1, 0.15) is 17.5 Å². The first kappa shape index (κ1) is 13.1. The summed E-state index contributed by atoms with van der Waals surface area (Å²) in [5.41, 5.74) is 0.670. The van der Waals surface area contributed by atoms with Gasteiger partial charge in [0.1, 0.15) is 5.58 Å². The second kappa shape index (κ2) is 5.52. The minimum absolute atomic E-state index is 0.00117. The highest BCUT2D eigenvalue weighted by Crippen LogP contribution is 2.19. The third kappa shape index (κ3) is 2.91. The van der Waals surface area contributed by atoms with Gasteiger partial charge in [-0.1, -0.05) is 24.3 Å². The number of para-hydroxylation sites is 1. The largest absolute Gasteiger partial charge is 0.453 e. The molecule has 0 N–H and O–H groups in total. The monoisotopic (exact) mass is 257 g/mol. The van der Waals surface area contributed by atoms with Crippen molar-refractivity contribution >= 4 is 22.7 Å². The van der Waals surface area contributed by atoms with Gasteiger partial charge in [0, 0.05) is 18.9 Å². The Morgan fingerprint density at radius 1 is 1.37 bits per heavy atom. The van der Waals surface area contributed by atoms with E-state index >= 15 is 0 Å². The number of Topliss-reactive ketones (excluding diaryl/α,β-unsaturated/α-hetero) is 1. The smallest absolute Gasteiger partial charge is 0.220 e. The predicted molar refractivity (Wildman–Crippen MR) is 73.0 cm³/mol. The van der Waals surface area contributed by atoms with Gasteiger partial charge in [-0.05, 0) is 12.1 Å². The van der Waals surface area contributed by atoms with E-state index in [0.29, 0.717) is 12.1 Å². The molecule has 0 aliphatic rings. The normalized spacial score (nSPS) is 10.4. The van der Waals surface area contributed by atoms with Crippen molar-refractivity contribution < 1.29 is 14.0 Å². The number of fused-ring (bicyclic) bond motifs is 1. The number of furan rings is 1. The summed E-state index contributed by atoms with van der Waals surface area (Å²) in [6.45, 7) is 5.34. The highest BCUT2D eigenvalue weighted by molar-refractivity contribution is 6.00. The molecular formula is C15H15NO3. The molecule has 0 unspecified atom stereocenters. The Hall–Kier alpha value is -2.36. The van der Waals surface area contributed by atoms with Crippen molar-refractivity contribution in [1.29, 1.82) is 0 Å². The predicted octanol–water partition coefficient (Wildman–Crippen LogP) is 2.65. The van der Waals surface area contributed by atoms with E-state index in [9.17, 15) is 9.59 Å². The summed E-state index contributed by atoms with van der Waals surface area (Å²) in [4.78, 5) is 24.9. The Morgan fingerprint density at radius 2 is 2.11 bits per heavy atom. The van der Waals surface area contributed by atoms with Gasteiger partial charge in [-0.15, -0.1) is 6.58 Å². The number of ketones is 1. The molecule has 2 rings (SSSR count). The first-order valence-electron chi connectivity index (χ1n) is 6.00. The minimum atomic E-state index is -0.215. The number of benzene rings is 1. The van der Waals surface area contributed by atoms with Crippen LogP contribution in [0.3, 0.4) is 0 Å². The van der Waals surface area contributed by atoms with Crippen LogP contribution >= 0.6 is 0 Å². The minimum Gasteiger partial charge on any atom is -0.453 e. The maximum absolute atomic E-state index is 12.1. The summed E-state index contributed by atoms with van der Waals surface area (Å²) in [5, 5.41) is 0.879. The molecule has 0 bridgehead atoms. The second-order valence-corrected chi connectivity index (χ2v) is 4.26. The van der Waals surface area contributed by atoms with Gasteiger partial charge in [0.2, 0.25) is 11.7 Å². The van der Waals surface area contributed by atoms with Gasteiger partial charge in [0.25, 0.3) is 0 Å². The fourth-order valence-electron chi connectivity index (χ4n) is 1.83. The molecule has 4 nitrogen and oxygen atoms in total. The molecule has 2 aromatic rings. The highest BCUT2D eigenvalue weighted by Gasteiger charge is 2.17. The zero-order valence-corrected chi connectivity index (χ0v) is 10.8. The molecule has 0 saturated carbocycles. The summed E-state index contributed by atoms with van der Waals surface area (Å²) in [5.74, 6) is -0.103. The Morgan fingerprint density at radius 3 is 2.74 bits per heavy atom. The van der Waals surface area contributed by atoms with E-state index in [0.717, 1.165) is 5.39 Å². The van der Waals surface area contributed by atoms with Crippen LogP contribution in [0.25, 0.3) is 11.0 Å². The first-order chi connectivity index (χ1) is 9.11. The number of amides is 1. The van der Waals surface area contributed by atoms with Crippen LogP contribution in [0, 0.1) is 0 Å². The van der Waals surface area contributed by atoms with E-state index in [1.54, 1.807) is 18.2 Å². The van der Waals surface area contributed by atoms with Gasteiger partial charge in [-0.25, -0.2) is 0 Å². The van der Waals surface area contributed by atoms with Crippen LogP contribution in [0.4, 0.5) is 0 Å². The maximum Gasteiger partial charge on any atom is 0.220 e. The Bertz CT molecular complexity index is 594. The Balaban J connectivity index is 2.18. The molecule has 4 heteroatoms. The quantitative estimate of drug-likeness (QED) is 0.611. The van der Waals surface area contributed by atoms with Gasteiger partial charge in [-0.2, -0.15) is 0 Å². The molecule has 0 spiro atoms. The molecular weight excluding hydrogens is 242 g/mol. The van der Waals surface area contributed by atoms with Crippen LogP contribution in [0.5, 0.6) is 0 Å². The van der Waals surface area contributed by atoms with Crippen LogP contribution in [0.15, 0.2) is 47.4 Å². The molecule has 19 heavy (non-hydrogen) atoms. The summed E-state index contributed by atoms with van der Waals surface area (Å²) in [7, 11) is 0. The fourth-order valence-corrected chi connectivity index (χ4v) is 1.83. The topological polar surface area (TPSA) is 50.5 Å². The number of carbonyl (C=O) groups excluding carboxylic acids is 2. The zero-order chi connectivity index (χ0) is 13.8. The summed E-state index contributed by atoms with van der Waals surface area (Å²) in [6.07, 6.45) is 1.59. The molecule has 1 heterocycles. The van der Waals surface area contributed by atoms with Crippen LogP contribution in [-0.2, 0) is 4.79 Å². The SMILES string of the molecule is C=CCN(CC(=O)c1cc2ccccc2o1)C(C)=O. The van der Waals surface area contributed by atoms with Gasteiger partial charge in [-0.3, -0.25) is 9.59 Å². The summed E-state index contributed by atoms with van der Waals surface area (Å²) < 4.78 is 5.48. The average molecular weight is 257 g/mol. The molecule has 0 saturated heterocycles. The van der Waals surface area contributed by atoms with Gasteiger partial charge >= 0.3 is 0 Å². The lowest BCUT2D eigenvalue weighted by atomic mass is 10.2. The number of hydrogen-bond donors (Lipinski definition) is 0. The molecule has 98 valence electrons. The van der Waals surface area contributed by atoms with Gasteiger partial charge < -0.3 is 9.32 Å². The Labute approximate surface area is 111 Å². The van der Waals surface area contributed by atoms with E-state index in [1.807, 2.05) is 18.2 Å². The van der Waals surface area contributed by atoms with Crippen molar-refractivity contribution in [3.05, 3.63) is 48.7 Å². The number of hydrogen-bond acceptors (Lipinski definition) is 3. The summed E-state index contributed by atoms with van der Waals surface area (Å²) in [6, 6.07) is 9.11. The van der Waals surface area contributed by atoms with Gasteiger partial charge in [0.15, 0.2) is 5.76 Å². The number of rotatable bonds is 5. The van der Waals surface area contributed by atoms with E-state index < -0.39 is 0 Å². The lowest BCUT2D eigenvalue weighted by Crippen LogP contribution is -2.33. The van der Waals surface area contributed by atoms with Crippen molar-refractivity contribution in [3.63, 3.8) is 0 Å². The van der Waals surface area contributed by atoms with E-state index in [4.69, 9.17) is 4.42 Å². The van der Waals surface area contributed by atoms with Crippen molar-refractivity contribution in [2.24, 2.45) is 0 Å². The van der Waals surface area contributed by atoms with Crippen molar-refractivity contribution in [1.82, 2.24) is 4.90 Å². The maximum atomic E-state index is 12.1. The van der Waals surface area contributed by atoms with Crippen LogP contribution < -0.4 is 0 Å². The number of carbonyl (C=O) groups is 2.